The normalized spacial score (nSPS) is 10.5. The van der Waals surface area contributed by atoms with Crippen LogP contribution in [0.3, 0.4) is 0 Å². The van der Waals surface area contributed by atoms with E-state index in [0.29, 0.717) is 22.3 Å². The van der Waals surface area contributed by atoms with Crippen molar-refractivity contribution in [2.24, 2.45) is 0 Å². The molecule has 0 aliphatic carbocycles. The molecule has 1 amide bonds. The molecule has 8 nitrogen and oxygen atoms in total. The number of nitrogens with one attached hydrogen (secondary N) is 1. The number of ether oxygens (including phenoxy) is 1. The molecule has 0 spiro atoms. The second kappa shape index (κ2) is 8.94. The molecule has 0 radical (unpaired) electrons. The van der Waals surface area contributed by atoms with Crippen LogP contribution in [-0.4, -0.2) is 29.2 Å². The monoisotopic (exact) mass is 397 g/mol. The van der Waals surface area contributed by atoms with E-state index in [2.05, 4.69) is 5.32 Å². The minimum Gasteiger partial charge on any atom is -0.452 e. The second-order valence-electron chi connectivity index (χ2n) is 5.06. The Bertz CT molecular complexity index is 862. The summed E-state index contributed by atoms with van der Waals surface area (Å²) in [6, 6.07) is 9.05. The number of nitro groups is 1. The molecule has 0 saturated carbocycles. The summed E-state index contributed by atoms with van der Waals surface area (Å²) in [5.41, 5.74) is 5.08. The largest absolute Gasteiger partial charge is 0.452 e. The van der Waals surface area contributed by atoms with Crippen LogP contribution in [0.4, 0.5) is 25.8 Å². The zero-order chi connectivity index (χ0) is 20.0. The third kappa shape index (κ3) is 5.92. The van der Waals surface area contributed by atoms with Gasteiger partial charge in [0, 0.05) is 16.6 Å². The molecule has 0 aliphatic rings. The van der Waals surface area contributed by atoms with Crippen molar-refractivity contribution in [2.45, 2.75) is 10.7 Å². The number of hydrogen-bond acceptors (Lipinski definition) is 7. The lowest BCUT2D eigenvalue weighted by Gasteiger charge is -2.08. The molecule has 0 unspecified atom stereocenters. The van der Waals surface area contributed by atoms with E-state index in [4.69, 9.17) is 10.5 Å². The molecule has 0 heterocycles. The lowest BCUT2D eigenvalue weighted by atomic mass is 10.2. The first kappa shape index (κ1) is 20.1. The van der Waals surface area contributed by atoms with Crippen LogP contribution in [-0.2, 0) is 9.53 Å². The minimum absolute atomic E-state index is 0.109. The van der Waals surface area contributed by atoms with E-state index in [-0.39, 0.29) is 11.3 Å². The Balaban J connectivity index is 1.90. The average molecular weight is 397 g/mol. The summed E-state index contributed by atoms with van der Waals surface area (Å²) in [5, 5.41) is 13.2. The van der Waals surface area contributed by atoms with E-state index < -0.39 is 34.9 Å². The van der Waals surface area contributed by atoms with Gasteiger partial charge in [-0.3, -0.25) is 14.9 Å². The first-order valence-electron chi connectivity index (χ1n) is 7.32. The van der Waals surface area contributed by atoms with E-state index in [1.807, 2.05) is 0 Å². The number of thioether (sulfide) groups is 1. The number of amides is 1. The Labute approximate surface area is 155 Å². The summed E-state index contributed by atoms with van der Waals surface area (Å²) in [4.78, 5) is 34.1. The number of nitro benzene ring substituents is 1. The van der Waals surface area contributed by atoms with Gasteiger partial charge in [0.2, 0.25) is 0 Å². The van der Waals surface area contributed by atoms with Crippen LogP contribution in [0.15, 0.2) is 47.4 Å². The molecule has 3 N–H and O–H groups in total. The van der Waals surface area contributed by atoms with Gasteiger partial charge in [-0.25, -0.2) is 4.79 Å². The predicted octanol–water partition coefficient (Wildman–Crippen LogP) is 3.29. The molecule has 11 heteroatoms. The number of alkyl halides is 2. The standard InChI is InChI=1S/C16H13F2N3O5S/c17-16(18)27-11-4-2-10(3-5-11)20-14(22)8-26-15(23)9-1-6-12(19)13(7-9)21(24)25/h1-7,16H,8,19H2,(H,20,22). The number of carbonyl (C=O) groups excluding carboxylic acids is 2. The summed E-state index contributed by atoms with van der Waals surface area (Å²) in [6.07, 6.45) is 0. The van der Waals surface area contributed by atoms with Gasteiger partial charge in [0.15, 0.2) is 6.61 Å². The topological polar surface area (TPSA) is 125 Å². The number of halogens is 2. The van der Waals surface area contributed by atoms with Crippen molar-refractivity contribution in [3.63, 3.8) is 0 Å². The first-order chi connectivity index (χ1) is 12.8. The molecule has 0 bridgehead atoms. The van der Waals surface area contributed by atoms with Crippen molar-refractivity contribution >= 4 is 40.7 Å². The Morgan fingerprint density at radius 1 is 1.22 bits per heavy atom. The quantitative estimate of drug-likeness (QED) is 0.241. The Morgan fingerprint density at radius 3 is 2.48 bits per heavy atom. The number of nitrogens with two attached hydrogens (primary N) is 1. The van der Waals surface area contributed by atoms with E-state index in [1.165, 1.54) is 36.4 Å². The van der Waals surface area contributed by atoms with E-state index in [0.717, 1.165) is 6.07 Å². The van der Waals surface area contributed by atoms with Gasteiger partial charge in [-0.15, -0.1) is 0 Å². The lowest BCUT2D eigenvalue weighted by Crippen LogP contribution is -2.21. The summed E-state index contributed by atoms with van der Waals surface area (Å²) in [6.45, 7) is -0.634. The predicted molar refractivity (Wildman–Crippen MR) is 94.7 cm³/mol. The molecule has 2 aromatic rings. The van der Waals surface area contributed by atoms with Gasteiger partial charge in [-0.1, -0.05) is 11.8 Å². The Morgan fingerprint density at radius 2 is 1.89 bits per heavy atom. The molecule has 0 aliphatic heterocycles. The maximum atomic E-state index is 12.2. The minimum atomic E-state index is -2.55. The van der Waals surface area contributed by atoms with Gasteiger partial charge in [0.05, 0.1) is 10.5 Å². The van der Waals surface area contributed by atoms with Gasteiger partial charge < -0.3 is 15.8 Å². The van der Waals surface area contributed by atoms with E-state index >= 15 is 0 Å². The number of esters is 1. The molecule has 2 aromatic carbocycles. The number of nitrogen functional groups attached to an aromatic ring is 1. The second-order valence-corrected chi connectivity index (χ2v) is 6.12. The number of rotatable bonds is 7. The third-order valence-corrected chi connectivity index (χ3v) is 3.88. The fourth-order valence-corrected chi connectivity index (χ4v) is 2.46. The Hall–Kier alpha value is -3.21. The molecule has 0 aromatic heterocycles. The molecular weight excluding hydrogens is 384 g/mol. The summed E-state index contributed by atoms with van der Waals surface area (Å²) in [7, 11) is 0. The van der Waals surface area contributed by atoms with Crippen molar-refractivity contribution in [2.75, 3.05) is 17.7 Å². The van der Waals surface area contributed by atoms with Gasteiger partial charge in [0.1, 0.15) is 5.69 Å². The van der Waals surface area contributed by atoms with Gasteiger partial charge in [-0.05, 0) is 36.4 Å². The van der Waals surface area contributed by atoms with Crippen LogP contribution in [0.25, 0.3) is 0 Å². The summed E-state index contributed by atoms with van der Waals surface area (Å²) >= 11 is 0.370. The van der Waals surface area contributed by atoms with Crippen LogP contribution < -0.4 is 11.1 Å². The lowest BCUT2D eigenvalue weighted by molar-refractivity contribution is -0.383. The highest BCUT2D eigenvalue weighted by Gasteiger charge is 2.17. The van der Waals surface area contributed by atoms with Crippen molar-refractivity contribution in [1.82, 2.24) is 0 Å². The van der Waals surface area contributed by atoms with Crippen molar-refractivity contribution < 1.29 is 28.0 Å². The van der Waals surface area contributed by atoms with E-state index in [9.17, 15) is 28.5 Å². The summed E-state index contributed by atoms with van der Waals surface area (Å²) < 4.78 is 29.3. The molecule has 0 atom stereocenters. The van der Waals surface area contributed by atoms with Gasteiger partial charge in [-0.2, -0.15) is 8.78 Å². The molecular formula is C16H13F2N3O5S. The zero-order valence-corrected chi connectivity index (χ0v) is 14.4. The van der Waals surface area contributed by atoms with Gasteiger partial charge in [0.25, 0.3) is 17.4 Å². The number of anilines is 2. The molecule has 0 saturated heterocycles. The number of benzene rings is 2. The fourth-order valence-electron chi connectivity index (χ4n) is 1.96. The van der Waals surface area contributed by atoms with Crippen molar-refractivity contribution in [3.8, 4) is 0 Å². The highest BCUT2D eigenvalue weighted by molar-refractivity contribution is 7.99. The summed E-state index contributed by atoms with van der Waals surface area (Å²) in [5.74, 6) is -4.14. The molecule has 0 fully saturated rings. The highest BCUT2D eigenvalue weighted by atomic mass is 32.2. The number of carbonyl (C=O) groups is 2. The molecule has 142 valence electrons. The first-order valence-corrected chi connectivity index (χ1v) is 8.20. The zero-order valence-electron chi connectivity index (χ0n) is 13.6. The van der Waals surface area contributed by atoms with Crippen LogP contribution in [0.2, 0.25) is 0 Å². The molecule has 2 rings (SSSR count). The number of hydrogen-bond donors (Lipinski definition) is 2. The SMILES string of the molecule is Nc1ccc(C(=O)OCC(=O)Nc2ccc(SC(F)F)cc2)cc1[N+](=O)[O-]. The van der Waals surface area contributed by atoms with Crippen LogP contribution >= 0.6 is 11.8 Å². The third-order valence-electron chi connectivity index (χ3n) is 3.16. The average Bonchev–Trinajstić information content (AvgIpc) is 2.61. The van der Waals surface area contributed by atoms with Crippen LogP contribution in [0.1, 0.15) is 10.4 Å². The van der Waals surface area contributed by atoms with E-state index in [1.54, 1.807) is 0 Å². The smallest absolute Gasteiger partial charge is 0.338 e. The van der Waals surface area contributed by atoms with Crippen molar-refractivity contribution in [3.05, 3.63) is 58.1 Å². The van der Waals surface area contributed by atoms with Crippen molar-refractivity contribution in [1.29, 1.82) is 0 Å². The molecule has 27 heavy (non-hydrogen) atoms. The van der Waals surface area contributed by atoms with Crippen LogP contribution in [0, 0.1) is 10.1 Å². The number of nitrogens with zero attached hydrogens (tertiary/aromatic N) is 1. The van der Waals surface area contributed by atoms with Crippen LogP contribution in [0.5, 0.6) is 0 Å². The highest BCUT2D eigenvalue weighted by Crippen LogP contribution is 2.26. The fraction of sp³-hybridized carbons (Fsp3) is 0.125. The van der Waals surface area contributed by atoms with Gasteiger partial charge >= 0.3 is 5.97 Å². The maximum absolute atomic E-state index is 12.2. The Kier molecular flexibility index (Phi) is 6.66. The maximum Gasteiger partial charge on any atom is 0.338 e.